The lowest BCUT2D eigenvalue weighted by Crippen LogP contribution is -2.37. The molecule has 0 saturated carbocycles. The molecule has 0 heterocycles. The minimum Gasteiger partial charge on any atom is -0.383 e. The number of ether oxygens (including phenoxy) is 1. The van der Waals surface area contributed by atoms with Crippen LogP contribution in [0.4, 0.5) is 5.69 Å². The summed E-state index contributed by atoms with van der Waals surface area (Å²) < 4.78 is 5.15. The van der Waals surface area contributed by atoms with Gasteiger partial charge in [0.2, 0.25) is 5.91 Å². The van der Waals surface area contributed by atoms with Crippen molar-refractivity contribution in [2.45, 2.75) is 20.4 Å². The Labute approximate surface area is 144 Å². The van der Waals surface area contributed by atoms with Crippen molar-refractivity contribution in [2.24, 2.45) is 0 Å². The summed E-state index contributed by atoms with van der Waals surface area (Å²) in [7, 11) is 1.65. The molecule has 0 radical (unpaired) electrons. The average Bonchev–Trinajstić information content (AvgIpc) is 2.59. The van der Waals surface area contributed by atoms with Crippen molar-refractivity contribution in [1.82, 2.24) is 4.90 Å². The number of aryl methyl sites for hydroxylation is 2. The third-order valence-electron chi connectivity index (χ3n) is 4.03. The van der Waals surface area contributed by atoms with E-state index in [4.69, 9.17) is 4.74 Å². The fourth-order valence-electron chi connectivity index (χ4n) is 2.67. The standard InChI is InChI=1S/C20H26N2O2/c1-16-8-7-9-17(2)20(16)21-14-19(23)22(12-13-24-3)15-18-10-5-4-6-11-18/h4-11,21H,12-15H2,1-3H3. The monoisotopic (exact) mass is 326 g/mol. The molecule has 1 N–H and O–H groups in total. The van der Waals surface area contributed by atoms with E-state index >= 15 is 0 Å². The Hall–Kier alpha value is -2.33. The van der Waals surface area contributed by atoms with Crippen LogP contribution in [0.5, 0.6) is 0 Å². The zero-order chi connectivity index (χ0) is 17.4. The SMILES string of the molecule is COCCN(Cc1ccccc1)C(=O)CNc1c(C)cccc1C. The van der Waals surface area contributed by atoms with Gasteiger partial charge in [-0.1, -0.05) is 48.5 Å². The number of carbonyl (C=O) groups excluding carboxylic acids is 1. The zero-order valence-electron chi connectivity index (χ0n) is 14.7. The maximum absolute atomic E-state index is 12.7. The van der Waals surface area contributed by atoms with Crippen molar-refractivity contribution in [3.8, 4) is 0 Å². The minimum absolute atomic E-state index is 0.0681. The van der Waals surface area contributed by atoms with Crippen LogP contribution in [0.3, 0.4) is 0 Å². The van der Waals surface area contributed by atoms with Crippen LogP contribution >= 0.6 is 0 Å². The van der Waals surface area contributed by atoms with Crippen molar-refractivity contribution in [3.05, 3.63) is 65.2 Å². The molecule has 0 saturated heterocycles. The third kappa shape index (κ3) is 5.10. The van der Waals surface area contributed by atoms with Crippen LogP contribution in [0.2, 0.25) is 0 Å². The van der Waals surface area contributed by atoms with E-state index in [1.807, 2.05) is 67.3 Å². The lowest BCUT2D eigenvalue weighted by atomic mass is 10.1. The van der Waals surface area contributed by atoms with E-state index < -0.39 is 0 Å². The van der Waals surface area contributed by atoms with Crippen molar-refractivity contribution in [1.29, 1.82) is 0 Å². The predicted octanol–water partition coefficient (Wildman–Crippen LogP) is 3.39. The van der Waals surface area contributed by atoms with Gasteiger partial charge >= 0.3 is 0 Å². The normalized spacial score (nSPS) is 10.5. The molecule has 24 heavy (non-hydrogen) atoms. The highest BCUT2D eigenvalue weighted by Crippen LogP contribution is 2.19. The summed E-state index contributed by atoms with van der Waals surface area (Å²) in [6, 6.07) is 16.1. The summed E-state index contributed by atoms with van der Waals surface area (Å²) in [5, 5.41) is 3.29. The van der Waals surface area contributed by atoms with Crippen LogP contribution in [-0.4, -0.2) is 37.6 Å². The van der Waals surface area contributed by atoms with Crippen LogP contribution < -0.4 is 5.32 Å². The Balaban J connectivity index is 2.01. The molecule has 0 bridgehead atoms. The summed E-state index contributed by atoms with van der Waals surface area (Å²) in [6.45, 7) is 6.08. The van der Waals surface area contributed by atoms with Gasteiger partial charge in [-0.3, -0.25) is 4.79 Å². The smallest absolute Gasteiger partial charge is 0.242 e. The Morgan fingerprint density at radius 3 is 2.33 bits per heavy atom. The van der Waals surface area contributed by atoms with E-state index in [2.05, 4.69) is 5.32 Å². The molecule has 0 aliphatic rings. The van der Waals surface area contributed by atoms with E-state index in [-0.39, 0.29) is 12.5 Å². The lowest BCUT2D eigenvalue weighted by Gasteiger charge is -2.23. The van der Waals surface area contributed by atoms with E-state index in [0.717, 1.165) is 22.4 Å². The minimum atomic E-state index is 0.0681. The molecule has 1 amide bonds. The van der Waals surface area contributed by atoms with E-state index in [1.54, 1.807) is 7.11 Å². The molecule has 0 spiro atoms. The first kappa shape index (κ1) is 18.0. The number of para-hydroxylation sites is 1. The third-order valence-corrected chi connectivity index (χ3v) is 4.03. The Kier molecular flexibility index (Phi) is 6.82. The zero-order valence-corrected chi connectivity index (χ0v) is 14.7. The number of amides is 1. The van der Waals surface area contributed by atoms with Crippen LogP contribution in [0.15, 0.2) is 48.5 Å². The molecule has 0 fully saturated rings. The van der Waals surface area contributed by atoms with Gasteiger partial charge in [-0.15, -0.1) is 0 Å². The molecule has 4 heteroatoms. The van der Waals surface area contributed by atoms with Gasteiger partial charge < -0.3 is 15.0 Å². The maximum atomic E-state index is 12.7. The van der Waals surface area contributed by atoms with E-state index in [0.29, 0.717) is 19.7 Å². The summed E-state index contributed by atoms with van der Waals surface area (Å²) >= 11 is 0. The highest BCUT2D eigenvalue weighted by atomic mass is 16.5. The van der Waals surface area contributed by atoms with Gasteiger partial charge in [-0.2, -0.15) is 0 Å². The van der Waals surface area contributed by atoms with Crippen LogP contribution in [0.1, 0.15) is 16.7 Å². The van der Waals surface area contributed by atoms with Gasteiger partial charge in [-0.25, -0.2) is 0 Å². The van der Waals surface area contributed by atoms with E-state index in [1.165, 1.54) is 0 Å². The fraction of sp³-hybridized carbons (Fsp3) is 0.350. The quantitative estimate of drug-likeness (QED) is 0.808. The van der Waals surface area contributed by atoms with Gasteiger partial charge in [-0.05, 0) is 30.5 Å². The number of nitrogens with one attached hydrogen (secondary N) is 1. The Morgan fingerprint density at radius 2 is 1.71 bits per heavy atom. The number of rotatable bonds is 8. The molecule has 2 aromatic carbocycles. The van der Waals surface area contributed by atoms with Gasteiger partial charge in [0, 0.05) is 25.9 Å². The Bertz CT molecular complexity index is 636. The second kappa shape index (κ2) is 9.08. The molecule has 2 rings (SSSR count). The number of benzene rings is 2. The van der Waals surface area contributed by atoms with Gasteiger partial charge in [0.25, 0.3) is 0 Å². The maximum Gasteiger partial charge on any atom is 0.242 e. The molecule has 0 aliphatic heterocycles. The summed E-state index contributed by atoms with van der Waals surface area (Å²) in [5.74, 6) is 0.0681. The van der Waals surface area contributed by atoms with Crippen molar-refractivity contribution < 1.29 is 9.53 Å². The first-order valence-corrected chi connectivity index (χ1v) is 8.22. The first-order chi connectivity index (χ1) is 11.6. The van der Waals surface area contributed by atoms with Crippen LogP contribution in [-0.2, 0) is 16.1 Å². The molecule has 4 nitrogen and oxygen atoms in total. The molecular formula is C20H26N2O2. The molecule has 128 valence electrons. The fourth-order valence-corrected chi connectivity index (χ4v) is 2.67. The van der Waals surface area contributed by atoms with Crippen molar-refractivity contribution >= 4 is 11.6 Å². The average molecular weight is 326 g/mol. The second-order valence-corrected chi connectivity index (χ2v) is 5.91. The topological polar surface area (TPSA) is 41.6 Å². The number of nitrogens with zero attached hydrogens (tertiary/aromatic N) is 1. The molecule has 0 aliphatic carbocycles. The molecule has 2 aromatic rings. The predicted molar refractivity (Wildman–Crippen MR) is 98.1 cm³/mol. The number of anilines is 1. The van der Waals surface area contributed by atoms with Crippen molar-refractivity contribution in [3.63, 3.8) is 0 Å². The number of carbonyl (C=O) groups is 1. The van der Waals surface area contributed by atoms with Crippen LogP contribution in [0.25, 0.3) is 0 Å². The van der Waals surface area contributed by atoms with Gasteiger partial charge in [0.15, 0.2) is 0 Å². The molecule has 0 unspecified atom stereocenters. The summed E-state index contributed by atoms with van der Waals surface area (Å²) in [4.78, 5) is 14.5. The summed E-state index contributed by atoms with van der Waals surface area (Å²) in [5.41, 5.74) is 4.45. The summed E-state index contributed by atoms with van der Waals surface area (Å²) in [6.07, 6.45) is 0. The van der Waals surface area contributed by atoms with E-state index in [9.17, 15) is 4.79 Å². The van der Waals surface area contributed by atoms with Gasteiger partial charge in [0.05, 0.1) is 13.2 Å². The highest BCUT2D eigenvalue weighted by Gasteiger charge is 2.14. The largest absolute Gasteiger partial charge is 0.383 e. The number of hydrogen-bond acceptors (Lipinski definition) is 3. The molecule has 0 aromatic heterocycles. The number of methoxy groups -OCH3 is 1. The number of hydrogen-bond donors (Lipinski definition) is 1. The highest BCUT2D eigenvalue weighted by molar-refractivity contribution is 5.81. The van der Waals surface area contributed by atoms with Crippen molar-refractivity contribution in [2.75, 3.05) is 32.1 Å². The van der Waals surface area contributed by atoms with Gasteiger partial charge in [0.1, 0.15) is 0 Å². The Morgan fingerprint density at radius 1 is 1.04 bits per heavy atom. The first-order valence-electron chi connectivity index (χ1n) is 8.22. The lowest BCUT2D eigenvalue weighted by molar-refractivity contribution is -0.130. The second-order valence-electron chi connectivity index (χ2n) is 5.91. The van der Waals surface area contributed by atoms with Crippen LogP contribution in [0, 0.1) is 13.8 Å². The molecular weight excluding hydrogens is 300 g/mol. The molecule has 0 atom stereocenters.